The molecule has 44 nitrogen and oxygen atoms in total. The second-order valence-electron chi connectivity index (χ2n) is 25.7. The number of carboxylic acid groups (broad SMARTS) is 2. The molecule has 0 aromatic carbocycles. The summed E-state index contributed by atoms with van der Waals surface area (Å²) in [4.78, 5) is 40.3. The number of carboxylic acids is 2. The van der Waals surface area contributed by atoms with Gasteiger partial charge in [0.05, 0.1) is 75.7 Å². The Morgan fingerprint density at radius 1 is 0.450 bits per heavy atom. The van der Waals surface area contributed by atoms with Crippen LogP contribution >= 0.6 is 0 Å². The van der Waals surface area contributed by atoms with Crippen molar-refractivity contribution in [3.63, 3.8) is 0 Å². The monoisotopic (exact) mass is 1470 g/mol. The lowest BCUT2D eigenvalue weighted by atomic mass is 9.89. The number of aliphatic hydroxyl groups is 24. The molecule has 7 aliphatic heterocycles. The van der Waals surface area contributed by atoms with Crippen molar-refractivity contribution < 1.29 is 213 Å². The van der Waals surface area contributed by atoms with Gasteiger partial charge in [0.15, 0.2) is 31.5 Å². The van der Waals surface area contributed by atoms with Gasteiger partial charge in [0, 0.05) is 19.8 Å². The molecule has 0 unspecified atom stereocenters. The Balaban J connectivity index is 1.24. The second-order valence-corrected chi connectivity index (χ2v) is 25.7. The maximum Gasteiger partial charge on any atom is 0.364 e. The van der Waals surface area contributed by atoms with Gasteiger partial charge >= 0.3 is 11.9 Å². The van der Waals surface area contributed by atoms with Gasteiger partial charge in [-0.3, -0.25) is 4.79 Å². The van der Waals surface area contributed by atoms with Crippen LogP contribution in [-0.4, -0.2) is 434 Å². The lowest BCUT2D eigenvalue weighted by Crippen LogP contribution is -2.70. The summed E-state index contributed by atoms with van der Waals surface area (Å²) in [6.45, 7) is -1.22. The molecule has 7 fully saturated rings. The molecule has 100 heavy (non-hydrogen) atoms. The molecule has 0 aliphatic carbocycles. The second kappa shape index (κ2) is 35.1. The molecule has 1 amide bonds. The number of amides is 1. The molecule has 0 bridgehead atoms. The van der Waals surface area contributed by atoms with Crippen LogP contribution in [0.25, 0.3) is 0 Å². The molecule has 7 saturated heterocycles. The molecule has 41 atom stereocenters. The fourth-order valence-electron chi connectivity index (χ4n) is 12.5. The maximum atomic E-state index is 13.9. The zero-order valence-corrected chi connectivity index (χ0v) is 54.0. The number of rotatable bonds is 29. The van der Waals surface area contributed by atoms with Crippen molar-refractivity contribution in [3.05, 3.63) is 0 Å². The molecular formula is C56H95NO43. The first-order chi connectivity index (χ1) is 46.7. The van der Waals surface area contributed by atoms with Crippen molar-refractivity contribution >= 4 is 17.8 Å². The predicted octanol–water partition coefficient (Wildman–Crippen LogP) is -16.2. The van der Waals surface area contributed by atoms with Crippen LogP contribution < -0.4 is 5.32 Å². The lowest BCUT2D eigenvalue weighted by molar-refractivity contribution is -0.406. The number of carbonyl (C=O) groups is 3. The highest BCUT2D eigenvalue weighted by Gasteiger charge is 2.64. The van der Waals surface area contributed by atoms with Crippen LogP contribution in [0, 0.1) is 0 Å². The van der Waals surface area contributed by atoms with E-state index in [-0.39, 0.29) is 0 Å². The summed E-state index contributed by atoms with van der Waals surface area (Å²) in [7, 11) is 0. The number of hydrogen-bond acceptors (Lipinski definition) is 41. The minimum absolute atomic E-state index is 0.857. The standard InChI is InChI=1S/C56H95NO43/c1-13-25(66)33(74)37(78)48(88-13)92-22-6-55(53(83)84,99-46(29(70)19(63)9-59)43(22)96-50-39(80)35(76)27(68)15(3)90-50)87-12-21(65)31(72)42(18(8-58)57-17(5)62)95-52-41(82)45(32(73)24(11-61)94-52)98-56(54(85)86)7-23(93-49-38(79)34(75)26(67)14(2)89-49)44(47(100-56)30(71)20(64)10-60)97-51-40(81)36(77)28(69)16(4)91-51/h13-16,18-52,58-61,63-82H,6-12H2,1-5H3,(H,57,62)(H,83,84)(H,85,86)/t13-,14-,15-,16-,18-,19+,20+,21+,22-,23-,24+,25+,26+,27+,28+,29+,30+,31+,32-,33+,34+,35+,36+,37-,38-,39-,40-,41+,42+,43+,44+,45-,46-,47-,48-,49-,50-,51-,52-,55+,56+/m0/s1. The summed E-state index contributed by atoms with van der Waals surface area (Å²) in [5, 5.41) is 288. The van der Waals surface area contributed by atoms with Crippen molar-refractivity contribution in [2.24, 2.45) is 0 Å². The van der Waals surface area contributed by atoms with Crippen molar-refractivity contribution in [1.29, 1.82) is 0 Å². The molecule has 0 aromatic heterocycles. The molecule has 44 heteroatoms. The van der Waals surface area contributed by atoms with Gasteiger partial charge < -0.3 is 204 Å². The van der Waals surface area contributed by atoms with E-state index < -0.39 is 314 Å². The van der Waals surface area contributed by atoms with Gasteiger partial charge in [0.2, 0.25) is 5.91 Å². The van der Waals surface area contributed by atoms with E-state index in [1.807, 2.05) is 0 Å². The third kappa shape index (κ3) is 17.9. The Labute approximate surface area is 566 Å². The van der Waals surface area contributed by atoms with E-state index in [4.69, 9.17) is 66.3 Å². The van der Waals surface area contributed by atoms with Crippen molar-refractivity contribution in [2.75, 3.05) is 33.0 Å². The third-order valence-corrected chi connectivity index (χ3v) is 18.5. The molecule has 7 heterocycles. The molecule has 582 valence electrons. The van der Waals surface area contributed by atoms with E-state index in [0.717, 1.165) is 6.92 Å². The summed E-state index contributed by atoms with van der Waals surface area (Å²) in [6, 6.07) is -2.02. The van der Waals surface area contributed by atoms with Crippen LogP contribution in [0.3, 0.4) is 0 Å². The Bertz CT molecular complexity index is 2600. The Hall–Kier alpha value is -3.11. The average Bonchev–Trinajstić information content (AvgIpc) is 0.748. The van der Waals surface area contributed by atoms with Crippen LogP contribution in [0.4, 0.5) is 0 Å². The van der Waals surface area contributed by atoms with Crippen molar-refractivity contribution in [3.8, 4) is 0 Å². The van der Waals surface area contributed by atoms with Gasteiger partial charge in [0.1, 0.15) is 165 Å². The van der Waals surface area contributed by atoms with Gasteiger partial charge in [0.25, 0.3) is 11.6 Å². The van der Waals surface area contributed by atoms with Crippen LogP contribution in [-0.2, 0) is 80.7 Å². The number of carbonyl (C=O) groups excluding carboxylic acids is 1. The van der Waals surface area contributed by atoms with Gasteiger partial charge in [-0.1, -0.05) is 0 Å². The number of hydrogen-bond donors (Lipinski definition) is 27. The van der Waals surface area contributed by atoms with E-state index in [2.05, 4.69) is 5.32 Å². The van der Waals surface area contributed by atoms with E-state index in [9.17, 15) is 147 Å². The third-order valence-electron chi connectivity index (χ3n) is 18.5. The highest BCUT2D eigenvalue weighted by molar-refractivity contribution is 5.76. The summed E-state index contributed by atoms with van der Waals surface area (Å²) in [5.74, 6) is -12.6. The molecule has 0 spiro atoms. The van der Waals surface area contributed by atoms with Gasteiger partial charge in [-0.2, -0.15) is 0 Å². The fraction of sp³-hybridized carbons (Fsp3) is 0.946. The first-order valence-corrected chi connectivity index (χ1v) is 31.8. The van der Waals surface area contributed by atoms with Crippen molar-refractivity contribution in [1.82, 2.24) is 5.32 Å². The lowest BCUT2D eigenvalue weighted by Gasteiger charge is -2.52. The first-order valence-electron chi connectivity index (χ1n) is 31.8. The van der Waals surface area contributed by atoms with Gasteiger partial charge in [-0.05, 0) is 27.7 Å². The highest BCUT2D eigenvalue weighted by atomic mass is 16.8. The Kier molecular flexibility index (Phi) is 29.5. The number of aliphatic hydroxyl groups excluding tert-OH is 24. The predicted molar refractivity (Wildman–Crippen MR) is 307 cm³/mol. The minimum Gasteiger partial charge on any atom is -0.477 e. The van der Waals surface area contributed by atoms with Gasteiger partial charge in [-0.15, -0.1) is 0 Å². The molecule has 7 aliphatic rings. The average molecular weight is 1470 g/mol. The van der Waals surface area contributed by atoms with Crippen LogP contribution in [0.1, 0.15) is 47.5 Å². The zero-order valence-electron chi connectivity index (χ0n) is 54.0. The van der Waals surface area contributed by atoms with Crippen LogP contribution in [0.2, 0.25) is 0 Å². The zero-order chi connectivity index (χ0) is 74.8. The fourth-order valence-corrected chi connectivity index (χ4v) is 12.5. The number of ether oxygens (including phenoxy) is 14. The molecule has 0 radical (unpaired) electrons. The van der Waals surface area contributed by atoms with E-state index >= 15 is 0 Å². The van der Waals surface area contributed by atoms with E-state index in [1.165, 1.54) is 27.7 Å². The Morgan fingerprint density at radius 2 is 0.820 bits per heavy atom. The smallest absolute Gasteiger partial charge is 0.364 e. The van der Waals surface area contributed by atoms with E-state index in [1.54, 1.807) is 0 Å². The summed E-state index contributed by atoms with van der Waals surface area (Å²) in [5.41, 5.74) is 0. The summed E-state index contributed by atoms with van der Waals surface area (Å²) in [6.07, 6.45) is -84.8. The largest absolute Gasteiger partial charge is 0.477 e. The molecule has 7 rings (SSSR count). The number of aliphatic carboxylic acids is 2. The van der Waals surface area contributed by atoms with E-state index in [0.29, 0.717) is 0 Å². The molecule has 0 aromatic rings. The highest BCUT2D eigenvalue weighted by Crippen LogP contribution is 2.44. The quantitative estimate of drug-likeness (QED) is 0.0331. The van der Waals surface area contributed by atoms with Crippen LogP contribution in [0.5, 0.6) is 0 Å². The summed E-state index contributed by atoms with van der Waals surface area (Å²) >= 11 is 0. The number of nitrogens with one attached hydrogen (secondary N) is 1. The van der Waals surface area contributed by atoms with Crippen molar-refractivity contribution in [2.45, 2.75) is 298 Å². The topological polar surface area (TPSA) is 718 Å². The maximum absolute atomic E-state index is 13.9. The summed E-state index contributed by atoms with van der Waals surface area (Å²) < 4.78 is 81.1. The van der Waals surface area contributed by atoms with Gasteiger partial charge in [-0.25, -0.2) is 9.59 Å². The van der Waals surface area contributed by atoms with Crippen LogP contribution in [0.15, 0.2) is 0 Å². The molecular weight excluding hydrogens is 1370 g/mol. The molecule has 27 N–H and O–H groups in total. The normalized spacial score (nSPS) is 46.8. The Morgan fingerprint density at radius 3 is 1.17 bits per heavy atom. The minimum atomic E-state index is -3.59. The molecule has 0 saturated carbocycles. The SMILES string of the molecule is CC(=O)N[C@@H](CO)[C@@H](O[C@@H]1O[C@H](CO)[C@H](O)[C@H](O[C@]2(C(=O)O)C[C@H](O[C@@H]3O[C@@H](C)[C@@H](O)[C@@H](O)[C@@H]3O)[C@@H](O[C@@H]3O[C@@H](C)[C@@H](O)[C@@H](O)[C@@H]3O)[C@H]([C@H](O)[C@H](O)CO)O2)[C@H]1O)[C@H](O)[C@H](O)CO[C@]1(C(=O)O)C[C@H](O[C@@H]2O[C@@H](C)[C@@H](O)[C@@H](O)[C@@H]2O)[C@@H](O[C@@H]2O[C@@H](C)[C@@H](O)[C@@H](O)[C@@H]2O)[C@H]([C@H](O)[C@H](O)CO)O1. The first kappa shape index (κ1) is 84.2.